The van der Waals surface area contributed by atoms with Gasteiger partial charge in [-0.05, 0) is 24.0 Å². The Bertz CT molecular complexity index is 488. The molecule has 0 unspecified atom stereocenters. The van der Waals surface area contributed by atoms with Crippen molar-refractivity contribution in [3.8, 4) is 0 Å². The van der Waals surface area contributed by atoms with Crippen molar-refractivity contribution in [2.45, 2.75) is 11.8 Å². The lowest BCUT2D eigenvalue weighted by Gasteiger charge is -2.10. The van der Waals surface area contributed by atoms with Gasteiger partial charge in [0, 0.05) is 4.90 Å². The molecule has 0 heterocycles. The SMILES string of the molecule is C=CCOC(=O)Nc1ccc(C(=O)O)cc1SCC. The van der Waals surface area contributed by atoms with Crippen LogP contribution < -0.4 is 5.32 Å². The highest BCUT2D eigenvalue weighted by Crippen LogP contribution is 2.28. The second-order valence-corrected chi connectivity index (χ2v) is 4.77. The van der Waals surface area contributed by atoms with Gasteiger partial charge in [0.25, 0.3) is 0 Å². The lowest BCUT2D eigenvalue weighted by Crippen LogP contribution is -2.14. The molecule has 0 spiro atoms. The first kappa shape index (κ1) is 15.1. The standard InChI is InChI=1S/C13H15NO4S/c1-3-7-18-13(17)14-10-6-5-9(12(15)16)8-11(10)19-4-2/h3,5-6,8H,1,4,7H2,2H3,(H,14,17)(H,15,16). The van der Waals surface area contributed by atoms with Crippen LogP contribution in [0.3, 0.4) is 0 Å². The average molecular weight is 281 g/mol. The van der Waals surface area contributed by atoms with Crippen molar-refractivity contribution in [3.05, 3.63) is 36.4 Å². The van der Waals surface area contributed by atoms with Gasteiger partial charge in [-0.1, -0.05) is 19.6 Å². The molecule has 1 aromatic rings. The molecule has 1 amide bonds. The highest BCUT2D eigenvalue weighted by atomic mass is 32.2. The maximum absolute atomic E-state index is 11.4. The van der Waals surface area contributed by atoms with E-state index in [1.165, 1.54) is 30.0 Å². The summed E-state index contributed by atoms with van der Waals surface area (Å²) in [5, 5.41) is 11.5. The molecule has 0 aromatic heterocycles. The van der Waals surface area contributed by atoms with Crippen molar-refractivity contribution >= 4 is 29.5 Å². The van der Waals surface area contributed by atoms with E-state index in [1.54, 1.807) is 6.07 Å². The number of rotatable bonds is 6. The lowest BCUT2D eigenvalue weighted by atomic mass is 10.2. The summed E-state index contributed by atoms with van der Waals surface area (Å²) < 4.78 is 4.81. The molecular weight excluding hydrogens is 266 g/mol. The second-order valence-electron chi connectivity index (χ2n) is 3.46. The number of thioether (sulfide) groups is 1. The summed E-state index contributed by atoms with van der Waals surface area (Å²) in [5.74, 6) is -0.238. The minimum atomic E-state index is -1.00. The van der Waals surface area contributed by atoms with Crippen LogP contribution in [0.15, 0.2) is 35.7 Å². The minimum Gasteiger partial charge on any atom is -0.478 e. The fraction of sp³-hybridized carbons (Fsp3) is 0.231. The first-order valence-electron chi connectivity index (χ1n) is 5.63. The predicted molar refractivity (Wildman–Crippen MR) is 75.0 cm³/mol. The Morgan fingerprint density at radius 1 is 1.53 bits per heavy atom. The maximum Gasteiger partial charge on any atom is 0.411 e. The molecule has 2 N–H and O–H groups in total. The highest BCUT2D eigenvalue weighted by Gasteiger charge is 2.11. The number of carbonyl (C=O) groups is 2. The van der Waals surface area contributed by atoms with E-state index in [1.807, 2.05) is 6.92 Å². The highest BCUT2D eigenvalue weighted by molar-refractivity contribution is 7.99. The molecule has 6 heteroatoms. The minimum absolute atomic E-state index is 0.120. The fourth-order valence-corrected chi connectivity index (χ4v) is 2.11. The third kappa shape index (κ3) is 4.67. The van der Waals surface area contributed by atoms with Crippen LogP contribution in [0.1, 0.15) is 17.3 Å². The molecule has 5 nitrogen and oxygen atoms in total. The smallest absolute Gasteiger partial charge is 0.411 e. The van der Waals surface area contributed by atoms with Gasteiger partial charge in [-0.15, -0.1) is 11.8 Å². The summed E-state index contributed by atoms with van der Waals surface area (Å²) in [6.45, 7) is 5.51. The number of hydrogen-bond acceptors (Lipinski definition) is 4. The van der Waals surface area contributed by atoms with E-state index in [2.05, 4.69) is 11.9 Å². The number of hydrogen-bond donors (Lipinski definition) is 2. The molecule has 1 aromatic carbocycles. The summed E-state index contributed by atoms with van der Waals surface area (Å²) >= 11 is 1.45. The summed E-state index contributed by atoms with van der Waals surface area (Å²) in [7, 11) is 0. The Labute approximate surface area is 115 Å². The topological polar surface area (TPSA) is 75.6 Å². The van der Waals surface area contributed by atoms with Gasteiger partial charge in [0.05, 0.1) is 11.3 Å². The van der Waals surface area contributed by atoms with Gasteiger partial charge >= 0.3 is 12.1 Å². The number of carbonyl (C=O) groups excluding carboxylic acids is 1. The quantitative estimate of drug-likeness (QED) is 0.618. The van der Waals surface area contributed by atoms with Crippen molar-refractivity contribution in [3.63, 3.8) is 0 Å². The first-order chi connectivity index (χ1) is 9.08. The Hall–Kier alpha value is -1.95. The van der Waals surface area contributed by atoms with Crippen molar-refractivity contribution < 1.29 is 19.4 Å². The van der Waals surface area contributed by atoms with Crippen LogP contribution in [0.2, 0.25) is 0 Å². The zero-order valence-electron chi connectivity index (χ0n) is 10.5. The van der Waals surface area contributed by atoms with E-state index in [-0.39, 0.29) is 12.2 Å². The third-order valence-corrected chi connectivity index (χ3v) is 3.03. The molecule has 19 heavy (non-hydrogen) atoms. The van der Waals surface area contributed by atoms with Gasteiger partial charge in [0.2, 0.25) is 0 Å². The van der Waals surface area contributed by atoms with Crippen LogP contribution in [-0.2, 0) is 4.74 Å². The molecule has 0 aliphatic rings. The number of aromatic carboxylic acids is 1. The van der Waals surface area contributed by atoms with E-state index in [9.17, 15) is 9.59 Å². The monoisotopic (exact) mass is 281 g/mol. The van der Waals surface area contributed by atoms with Gasteiger partial charge in [-0.2, -0.15) is 0 Å². The molecule has 0 atom stereocenters. The molecule has 0 saturated carbocycles. The number of nitrogens with one attached hydrogen (secondary N) is 1. The summed E-state index contributed by atoms with van der Waals surface area (Å²) in [4.78, 5) is 23.0. The molecule has 1 rings (SSSR count). The Morgan fingerprint density at radius 3 is 2.84 bits per heavy atom. The number of anilines is 1. The van der Waals surface area contributed by atoms with Crippen LogP contribution in [0, 0.1) is 0 Å². The van der Waals surface area contributed by atoms with Gasteiger partial charge in [-0.3, -0.25) is 5.32 Å². The maximum atomic E-state index is 11.4. The van der Waals surface area contributed by atoms with Crippen LogP contribution >= 0.6 is 11.8 Å². The first-order valence-corrected chi connectivity index (χ1v) is 6.61. The number of benzene rings is 1. The Morgan fingerprint density at radius 2 is 2.26 bits per heavy atom. The normalized spacial score (nSPS) is 9.74. The van der Waals surface area contributed by atoms with E-state index in [4.69, 9.17) is 9.84 Å². The second kappa shape index (κ2) is 7.48. The van der Waals surface area contributed by atoms with Crippen molar-refractivity contribution in [2.75, 3.05) is 17.7 Å². The predicted octanol–water partition coefficient (Wildman–Crippen LogP) is 3.23. The molecule has 0 radical (unpaired) electrons. The summed E-state index contributed by atoms with van der Waals surface area (Å²) in [5.41, 5.74) is 0.715. The molecule has 0 fully saturated rings. The molecule has 0 bridgehead atoms. The zero-order valence-corrected chi connectivity index (χ0v) is 11.3. The molecule has 0 saturated heterocycles. The largest absolute Gasteiger partial charge is 0.478 e. The van der Waals surface area contributed by atoms with Crippen molar-refractivity contribution in [1.82, 2.24) is 0 Å². The zero-order chi connectivity index (χ0) is 14.3. The third-order valence-electron chi connectivity index (χ3n) is 2.10. The van der Waals surface area contributed by atoms with E-state index in [0.717, 1.165) is 5.75 Å². The number of ether oxygens (including phenoxy) is 1. The number of carboxylic acids is 1. The lowest BCUT2D eigenvalue weighted by molar-refractivity contribution is 0.0696. The van der Waals surface area contributed by atoms with Gasteiger partial charge in [0.1, 0.15) is 6.61 Å². The van der Waals surface area contributed by atoms with Crippen LogP contribution in [0.4, 0.5) is 10.5 Å². The number of amides is 1. The Balaban J connectivity index is 2.89. The Kier molecular flexibility index (Phi) is 5.95. The van der Waals surface area contributed by atoms with Gasteiger partial charge in [-0.25, -0.2) is 9.59 Å². The van der Waals surface area contributed by atoms with Crippen molar-refractivity contribution in [1.29, 1.82) is 0 Å². The van der Waals surface area contributed by atoms with Crippen LogP contribution in [-0.4, -0.2) is 29.5 Å². The van der Waals surface area contributed by atoms with Gasteiger partial charge in [0.15, 0.2) is 0 Å². The van der Waals surface area contributed by atoms with Crippen LogP contribution in [0.5, 0.6) is 0 Å². The fourth-order valence-electron chi connectivity index (χ4n) is 1.31. The molecular formula is C13H15NO4S. The summed E-state index contributed by atoms with van der Waals surface area (Å²) in [6, 6.07) is 4.52. The number of carboxylic acid groups (broad SMARTS) is 1. The molecule has 0 aliphatic heterocycles. The average Bonchev–Trinajstić information content (AvgIpc) is 2.38. The van der Waals surface area contributed by atoms with E-state index >= 15 is 0 Å². The molecule has 0 aliphatic carbocycles. The van der Waals surface area contributed by atoms with Crippen LogP contribution in [0.25, 0.3) is 0 Å². The van der Waals surface area contributed by atoms with E-state index in [0.29, 0.717) is 10.6 Å². The molecule has 102 valence electrons. The van der Waals surface area contributed by atoms with Gasteiger partial charge < -0.3 is 9.84 Å². The summed E-state index contributed by atoms with van der Waals surface area (Å²) in [6.07, 6.45) is 0.871. The van der Waals surface area contributed by atoms with E-state index < -0.39 is 12.1 Å². The van der Waals surface area contributed by atoms with Crippen molar-refractivity contribution in [2.24, 2.45) is 0 Å².